The van der Waals surface area contributed by atoms with Gasteiger partial charge in [-0.15, -0.1) is 0 Å². The summed E-state index contributed by atoms with van der Waals surface area (Å²) in [6.07, 6.45) is 0.891. The molecule has 0 saturated heterocycles. The number of aliphatic carboxylic acids is 4. The number of hydrogen-bond donors (Lipinski definition) is 0. The number of carboxylic acid groups (broad SMARTS) is 5. The Morgan fingerprint density at radius 2 is 1.16 bits per heavy atom. The van der Waals surface area contributed by atoms with Gasteiger partial charge >= 0.3 is 257 Å². The molecule has 0 saturated carbocycles. The van der Waals surface area contributed by atoms with Gasteiger partial charge in [0.15, 0.2) is 11.5 Å². The number of anilines is 2. The Balaban J connectivity index is 0. The maximum absolute atomic E-state index is 14.0. The molecule has 0 aliphatic heterocycles. The Labute approximate surface area is 500 Å². The standard InChI is InChI=1S/C28H24FN3O14.5K/c29-15-1-2-18(16(7-15)31(10-23(33)34)11-24(35)36)43-3-4-44-20-5-14-6-21(27-30-9-22(46-27)28(41)42)45-19(14)8-17(20)32(12-25(37)38)13-26(39)40;;;;;/h1-2,5-9H,3-4,10-13H2,(H,33,34)(H,35,36)(H,37,38)(H,39,40)(H,41,42);;;;;/q;5*+1/p-5. The Kier molecular flexibility index (Phi) is 28.8. The second-order valence-corrected chi connectivity index (χ2v) is 9.29. The van der Waals surface area contributed by atoms with Crippen LogP contribution in [-0.2, 0) is 19.2 Å². The molecule has 0 aliphatic rings. The average molecular weight is 836 g/mol. The van der Waals surface area contributed by atoms with E-state index in [9.17, 15) is 53.9 Å². The van der Waals surface area contributed by atoms with Crippen molar-refractivity contribution in [1.82, 2.24) is 4.98 Å². The Morgan fingerprint density at radius 3 is 1.63 bits per heavy atom. The summed E-state index contributed by atoms with van der Waals surface area (Å²) in [6.45, 7) is -4.37. The Morgan fingerprint density at radius 1 is 0.667 bits per heavy atom. The Hall–Kier alpha value is 1.85. The van der Waals surface area contributed by atoms with Crippen LogP contribution in [0.3, 0.4) is 0 Å². The third-order valence-electron chi connectivity index (χ3n) is 6.00. The van der Waals surface area contributed by atoms with E-state index < -0.39 is 67.6 Å². The Bertz CT molecular complexity index is 1790. The number of carboxylic acids is 5. The van der Waals surface area contributed by atoms with E-state index in [1.54, 1.807) is 0 Å². The number of aromatic carboxylic acids is 1. The van der Waals surface area contributed by atoms with Crippen molar-refractivity contribution < 1.29 is 329 Å². The summed E-state index contributed by atoms with van der Waals surface area (Å²) < 4.78 is 36.1. The minimum Gasteiger partial charge on any atom is -0.548 e. The van der Waals surface area contributed by atoms with Crippen LogP contribution in [0.4, 0.5) is 15.8 Å². The van der Waals surface area contributed by atoms with Crippen LogP contribution >= 0.6 is 0 Å². The molecule has 0 aliphatic carbocycles. The summed E-state index contributed by atoms with van der Waals surface area (Å²) in [6, 6.07) is 6.87. The van der Waals surface area contributed by atoms with Gasteiger partial charge in [-0.3, -0.25) is 0 Å². The minimum atomic E-state index is -1.66. The van der Waals surface area contributed by atoms with E-state index in [0.29, 0.717) is 5.39 Å². The predicted molar refractivity (Wildman–Crippen MR) is 138 cm³/mol. The van der Waals surface area contributed by atoms with E-state index in [4.69, 9.17) is 18.3 Å². The van der Waals surface area contributed by atoms with E-state index >= 15 is 0 Å². The molecule has 242 valence electrons. The molecule has 17 nitrogen and oxygen atoms in total. The normalized spacial score (nSPS) is 9.75. The van der Waals surface area contributed by atoms with Gasteiger partial charge in [-0.1, -0.05) is 0 Å². The van der Waals surface area contributed by atoms with Gasteiger partial charge in [0.1, 0.15) is 42.1 Å². The van der Waals surface area contributed by atoms with Crippen LogP contribution in [0, 0.1) is 5.82 Å². The smallest absolute Gasteiger partial charge is 0.548 e. The minimum absolute atomic E-state index is 0. The number of fused-ring (bicyclic) bond motifs is 1. The number of rotatable bonds is 17. The molecule has 0 N–H and O–H groups in total. The largest absolute Gasteiger partial charge is 1.00 e. The van der Waals surface area contributed by atoms with Gasteiger partial charge in [0.05, 0.1) is 67.6 Å². The second-order valence-electron chi connectivity index (χ2n) is 9.29. The molecule has 0 unspecified atom stereocenters. The van der Waals surface area contributed by atoms with Gasteiger partial charge in [-0.05, 0) is 24.3 Å². The van der Waals surface area contributed by atoms with E-state index in [1.807, 2.05) is 0 Å². The van der Waals surface area contributed by atoms with Gasteiger partial charge in [0.25, 0.3) is 5.89 Å². The molecule has 4 aromatic rings. The summed E-state index contributed by atoms with van der Waals surface area (Å²) >= 11 is 0. The number of benzene rings is 2. The summed E-state index contributed by atoms with van der Waals surface area (Å²) in [5.74, 6) is -10.2. The van der Waals surface area contributed by atoms with E-state index in [2.05, 4.69) is 4.98 Å². The van der Waals surface area contributed by atoms with Crippen LogP contribution in [0.25, 0.3) is 22.6 Å². The SMILES string of the molecule is O=C([O-])CN(CC(=O)[O-])c1cc(F)ccc1OCCOc1cc2cc(-c3ncc(C(=O)[O-])o3)oc2cc1N(CC(=O)[O-])CC(=O)[O-].[K+].[K+].[K+].[K+].[K+]. The first-order valence-corrected chi connectivity index (χ1v) is 12.9. The van der Waals surface area contributed by atoms with Crippen molar-refractivity contribution in [1.29, 1.82) is 0 Å². The molecule has 2 aromatic carbocycles. The maximum atomic E-state index is 14.0. The quantitative estimate of drug-likeness (QED) is 0.0706. The van der Waals surface area contributed by atoms with Crippen LogP contribution in [0.1, 0.15) is 10.6 Å². The first-order chi connectivity index (χ1) is 21.8. The molecule has 4 rings (SSSR count). The molecule has 0 bridgehead atoms. The van der Waals surface area contributed by atoms with E-state index in [0.717, 1.165) is 34.2 Å². The second kappa shape index (κ2) is 26.7. The number of ether oxygens (including phenoxy) is 2. The monoisotopic (exact) mass is 835 g/mol. The van der Waals surface area contributed by atoms with Gasteiger partial charge < -0.3 is 77.6 Å². The topological polar surface area (TPSA) is 265 Å². The molecule has 0 spiro atoms. The number of aromatic nitrogens is 1. The van der Waals surface area contributed by atoms with Crippen LogP contribution in [0.5, 0.6) is 11.5 Å². The molecular weight excluding hydrogens is 817 g/mol. The number of oxazole rings is 1. The van der Waals surface area contributed by atoms with Crippen molar-refractivity contribution in [2.75, 3.05) is 49.2 Å². The van der Waals surface area contributed by atoms with E-state index in [-0.39, 0.29) is 310 Å². The molecule has 0 amide bonds. The summed E-state index contributed by atoms with van der Waals surface area (Å²) in [5, 5.41) is 56.5. The fourth-order valence-electron chi connectivity index (χ4n) is 4.24. The fraction of sp³-hybridized carbons (Fsp3) is 0.214. The molecule has 51 heavy (non-hydrogen) atoms. The van der Waals surface area contributed by atoms with Gasteiger partial charge in [0, 0.05) is 17.5 Å². The van der Waals surface area contributed by atoms with Gasteiger partial charge in [-0.25, -0.2) is 9.37 Å². The number of carbonyl (C=O) groups excluding carboxylic acids is 5. The number of nitrogens with zero attached hydrogens (tertiary/aromatic N) is 3. The number of carbonyl (C=O) groups is 5. The molecule has 2 aromatic heterocycles. The number of halogens is 1. The number of hydrogen-bond acceptors (Lipinski definition) is 17. The van der Waals surface area contributed by atoms with E-state index in [1.165, 1.54) is 18.2 Å². The molecule has 0 radical (unpaired) electrons. The zero-order valence-corrected chi connectivity index (χ0v) is 43.8. The third-order valence-corrected chi connectivity index (χ3v) is 6.00. The molecule has 2 heterocycles. The zero-order chi connectivity index (χ0) is 33.5. The average Bonchev–Trinajstić information content (AvgIpc) is 3.61. The van der Waals surface area contributed by atoms with Crippen LogP contribution in [0.2, 0.25) is 0 Å². The van der Waals surface area contributed by atoms with Gasteiger partial charge in [0.2, 0.25) is 0 Å². The first kappa shape index (κ1) is 55.0. The first-order valence-electron chi connectivity index (χ1n) is 12.9. The maximum Gasteiger partial charge on any atom is 1.00 e. The van der Waals surface area contributed by atoms with Crippen molar-refractivity contribution in [2.45, 2.75) is 0 Å². The van der Waals surface area contributed by atoms with Crippen molar-refractivity contribution in [2.24, 2.45) is 0 Å². The predicted octanol–water partition coefficient (Wildman–Crippen LogP) is -19.3. The molecule has 0 fully saturated rings. The summed E-state index contributed by atoms with van der Waals surface area (Å²) in [7, 11) is 0. The van der Waals surface area contributed by atoms with Crippen LogP contribution < -0.4 is 302 Å². The van der Waals surface area contributed by atoms with Crippen molar-refractivity contribution in [3.05, 3.63) is 54.2 Å². The molecule has 23 heteroatoms. The summed E-state index contributed by atoms with van der Waals surface area (Å²) in [4.78, 5) is 61.6. The molecular formula is C28H19FK5N3O14. The number of furan rings is 1. The van der Waals surface area contributed by atoms with Crippen LogP contribution in [-0.4, -0.2) is 74.2 Å². The van der Waals surface area contributed by atoms with Crippen molar-refractivity contribution in [3.63, 3.8) is 0 Å². The van der Waals surface area contributed by atoms with Crippen LogP contribution in [0.15, 0.2) is 51.4 Å². The van der Waals surface area contributed by atoms with Crippen molar-refractivity contribution in [3.8, 4) is 23.1 Å². The zero-order valence-electron chi connectivity index (χ0n) is 28.2. The molecule has 0 atom stereocenters. The van der Waals surface area contributed by atoms with Gasteiger partial charge in [-0.2, -0.15) is 0 Å². The fourth-order valence-corrected chi connectivity index (χ4v) is 4.24. The third kappa shape index (κ3) is 17.1. The van der Waals surface area contributed by atoms with Crippen molar-refractivity contribution >= 4 is 52.2 Å². The summed E-state index contributed by atoms with van der Waals surface area (Å²) in [5.41, 5.74) is -0.300.